The van der Waals surface area contributed by atoms with Crippen LogP contribution in [0.3, 0.4) is 0 Å². The van der Waals surface area contributed by atoms with Crippen molar-refractivity contribution in [2.75, 3.05) is 0 Å². The average Bonchev–Trinajstić information content (AvgIpc) is 2.56. The van der Waals surface area contributed by atoms with E-state index in [4.69, 9.17) is 0 Å². The van der Waals surface area contributed by atoms with Gasteiger partial charge in [-0.05, 0) is 33.7 Å². The van der Waals surface area contributed by atoms with Gasteiger partial charge in [-0.25, -0.2) is 0 Å². The number of aromatic hydroxyl groups is 2. The summed E-state index contributed by atoms with van der Waals surface area (Å²) in [7, 11) is 0. The first-order valence-electron chi connectivity index (χ1n) is 7.17. The molecule has 0 aliphatic rings. The second-order valence-electron chi connectivity index (χ2n) is 5.36. The Morgan fingerprint density at radius 1 is 0.542 bits per heavy atom. The first-order valence-corrected chi connectivity index (χ1v) is 7.17. The Bertz CT molecular complexity index is 948. The molecule has 0 aromatic heterocycles. The molecule has 2 nitrogen and oxygen atoms in total. The fourth-order valence-corrected chi connectivity index (χ4v) is 3.05. The van der Waals surface area contributed by atoms with Crippen LogP contribution in [0.2, 0.25) is 0 Å². The predicted octanol–water partition coefficient (Wildman–Crippen LogP) is 2.14. The molecule has 0 fully saturated rings. The van der Waals surface area contributed by atoms with Crippen LogP contribution in [0.1, 0.15) is 5.71 Å². The standard InChI is InChI=1S/C20H14O2.Al.Li.4H/c21-17-11-9-13-5-1-3-7-15(13)19(17)20-16-8-4-2-6-14(16)10-12-18(20)22;;;;;;/h1-12,21-22H;;;;;;/q;+3;+1;4*-1. The molecule has 0 unspecified atom stereocenters. The summed E-state index contributed by atoms with van der Waals surface area (Å²) in [5.74, 6) is 0.343. The number of hydrogen-bond donors (Lipinski definition) is 2. The third kappa shape index (κ3) is 2.93. The maximum absolute atomic E-state index is 10.4. The van der Waals surface area contributed by atoms with Crippen LogP contribution in [0, 0.1) is 0 Å². The van der Waals surface area contributed by atoms with Crippen LogP contribution in [0.15, 0.2) is 72.8 Å². The molecule has 4 rings (SSSR count). The monoisotopic (exact) mass is 324 g/mol. The zero-order chi connectivity index (χ0) is 15.1. The van der Waals surface area contributed by atoms with Crippen LogP contribution in [-0.4, -0.2) is 27.6 Å². The molecule has 0 atom stereocenters. The molecule has 0 bridgehead atoms. The van der Waals surface area contributed by atoms with Crippen LogP contribution in [-0.2, 0) is 0 Å². The molecule has 0 aliphatic heterocycles. The molecule has 0 aliphatic carbocycles. The molecule has 0 radical (unpaired) electrons. The van der Waals surface area contributed by atoms with Crippen molar-refractivity contribution < 1.29 is 34.8 Å². The SMILES string of the molecule is Oc1ccc2ccccc2c1-c1c(O)ccc2ccccc12.[Al+3].[H-].[H-].[H-].[H-].[Li+]. The van der Waals surface area contributed by atoms with E-state index in [1.54, 1.807) is 12.1 Å². The Kier molecular flexibility index (Phi) is 5.66. The van der Waals surface area contributed by atoms with E-state index in [0.717, 1.165) is 21.5 Å². The van der Waals surface area contributed by atoms with Crippen LogP contribution in [0.5, 0.6) is 11.5 Å². The van der Waals surface area contributed by atoms with Crippen molar-refractivity contribution >= 4 is 38.9 Å². The van der Waals surface area contributed by atoms with Gasteiger partial charge in [-0.2, -0.15) is 0 Å². The Morgan fingerprint density at radius 2 is 0.917 bits per heavy atom. The quantitative estimate of drug-likeness (QED) is 0.527. The number of fused-ring (bicyclic) bond motifs is 2. The molecule has 4 aromatic rings. The van der Waals surface area contributed by atoms with Gasteiger partial charge in [-0.15, -0.1) is 0 Å². The van der Waals surface area contributed by atoms with Gasteiger partial charge in [0, 0.05) is 11.1 Å². The van der Waals surface area contributed by atoms with E-state index in [1.165, 1.54) is 0 Å². The van der Waals surface area contributed by atoms with E-state index in [9.17, 15) is 10.2 Å². The molecule has 2 N–H and O–H groups in total. The van der Waals surface area contributed by atoms with Crippen molar-refractivity contribution in [3.05, 3.63) is 72.8 Å². The van der Waals surface area contributed by atoms with Crippen LogP contribution in [0.25, 0.3) is 32.7 Å². The van der Waals surface area contributed by atoms with Crippen molar-refractivity contribution in [2.45, 2.75) is 0 Å². The minimum Gasteiger partial charge on any atom is -1.00 e. The maximum Gasteiger partial charge on any atom is 3.00 e. The summed E-state index contributed by atoms with van der Waals surface area (Å²) in [5.41, 5.74) is 1.35. The number of hydrogen-bond acceptors (Lipinski definition) is 2. The zero-order valence-corrected chi connectivity index (χ0v) is 14.6. The van der Waals surface area contributed by atoms with E-state index in [1.807, 2.05) is 60.7 Å². The van der Waals surface area contributed by atoms with E-state index >= 15 is 0 Å². The number of phenolic OH excluding ortho intramolecular Hbond substituents is 2. The predicted molar refractivity (Wildman–Crippen MR) is 100 cm³/mol. The van der Waals surface area contributed by atoms with E-state index in [0.29, 0.717) is 11.1 Å². The normalized spacial score (nSPS) is 10.2. The molecule has 4 heteroatoms. The van der Waals surface area contributed by atoms with E-state index < -0.39 is 0 Å². The molecule has 0 spiro atoms. The summed E-state index contributed by atoms with van der Waals surface area (Å²) in [6.45, 7) is 0. The zero-order valence-electron chi connectivity index (χ0n) is 17.4. The molecule has 114 valence electrons. The second-order valence-corrected chi connectivity index (χ2v) is 5.36. The van der Waals surface area contributed by atoms with Crippen molar-refractivity contribution in [1.82, 2.24) is 0 Å². The summed E-state index contributed by atoms with van der Waals surface area (Å²) in [6.07, 6.45) is 0. The third-order valence-corrected chi connectivity index (χ3v) is 4.06. The summed E-state index contributed by atoms with van der Waals surface area (Å²) < 4.78 is 0. The van der Waals surface area contributed by atoms with Gasteiger partial charge in [-0.1, -0.05) is 60.7 Å². The average molecular weight is 324 g/mol. The van der Waals surface area contributed by atoms with Gasteiger partial charge in [0.05, 0.1) is 0 Å². The Balaban J connectivity index is -0.00000104. The fourth-order valence-electron chi connectivity index (χ4n) is 3.05. The van der Waals surface area contributed by atoms with Gasteiger partial charge in [0.1, 0.15) is 11.5 Å². The summed E-state index contributed by atoms with van der Waals surface area (Å²) in [4.78, 5) is 0. The van der Waals surface area contributed by atoms with Crippen LogP contribution in [0.4, 0.5) is 0 Å². The Morgan fingerprint density at radius 3 is 1.33 bits per heavy atom. The first-order chi connectivity index (χ1) is 10.8. The maximum atomic E-state index is 10.4. The first kappa shape index (κ1) is 18.5. The van der Waals surface area contributed by atoms with Gasteiger partial charge in [0.25, 0.3) is 0 Å². The fraction of sp³-hybridized carbons (Fsp3) is 0. The van der Waals surface area contributed by atoms with Crippen molar-refractivity contribution in [3.63, 3.8) is 0 Å². The van der Waals surface area contributed by atoms with Gasteiger partial charge < -0.3 is 15.9 Å². The number of rotatable bonds is 1. The van der Waals surface area contributed by atoms with Gasteiger partial charge in [0.15, 0.2) is 0 Å². The van der Waals surface area contributed by atoms with Crippen molar-refractivity contribution in [3.8, 4) is 22.6 Å². The van der Waals surface area contributed by atoms with Crippen LogP contribution < -0.4 is 18.9 Å². The molecule has 0 heterocycles. The molecular weight excluding hydrogens is 306 g/mol. The molecule has 4 aromatic carbocycles. The number of phenols is 2. The van der Waals surface area contributed by atoms with Crippen LogP contribution >= 0.6 is 0 Å². The molecule has 0 saturated carbocycles. The third-order valence-electron chi connectivity index (χ3n) is 4.06. The van der Waals surface area contributed by atoms with Gasteiger partial charge >= 0.3 is 36.2 Å². The topological polar surface area (TPSA) is 40.5 Å². The molecular formula is C20H18AlLiO2. The minimum atomic E-state index is 0. The molecule has 0 amide bonds. The summed E-state index contributed by atoms with van der Waals surface area (Å²) in [6, 6.07) is 22.9. The summed E-state index contributed by atoms with van der Waals surface area (Å²) in [5, 5.41) is 24.8. The van der Waals surface area contributed by atoms with Gasteiger partial charge in [-0.3, -0.25) is 0 Å². The van der Waals surface area contributed by atoms with Crippen molar-refractivity contribution in [2.24, 2.45) is 0 Å². The Hall–Kier alpha value is -1.87. The van der Waals surface area contributed by atoms with Gasteiger partial charge in [0.2, 0.25) is 0 Å². The largest absolute Gasteiger partial charge is 3.00 e. The second kappa shape index (κ2) is 7.35. The summed E-state index contributed by atoms with van der Waals surface area (Å²) >= 11 is 0. The van der Waals surface area contributed by atoms with E-state index in [2.05, 4.69) is 0 Å². The van der Waals surface area contributed by atoms with Crippen molar-refractivity contribution in [1.29, 1.82) is 0 Å². The molecule has 0 saturated heterocycles. The van der Waals surface area contributed by atoms with E-state index in [-0.39, 0.29) is 53.4 Å². The Labute approximate surface area is 169 Å². The minimum absolute atomic E-state index is 0. The molecule has 24 heavy (non-hydrogen) atoms. The smallest absolute Gasteiger partial charge is 1.00 e. The number of benzene rings is 4.